The van der Waals surface area contributed by atoms with Crippen LogP contribution in [0.25, 0.3) is 0 Å². The largest absolute Gasteiger partial charge is 0.480 e. The van der Waals surface area contributed by atoms with Crippen molar-refractivity contribution in [3.8, 4) is 0 Å². The van der Waals surface area contributed by atoms with Crippen molar-refractivity contribution in [1.29, 1.82) is 0 Å². The first kappa shape index (κ1) is 13.4. The predicted molar refractivity (Wildman–Crippen MR) is 68.0 cm³/mol. The van der Waals surface area contributed by atoms with Crippen molar-refractivity contribution in [2.24, 2.45) is 16.7 Å². The van der Waals surface area contributed by atoms with Crippen LogP contribution in [0.3, 0.4) is 0 Å². The molecule has 2 N–H and O–H groups in total. The summed E-state index contributed by atoms with van der Waals surface area (Å²) < 4.78 is 0. The molecular formula is C14H23NO3. The summed E-state index contributed by atoms with van der Waals surface area (Å²) in [5, 5.41) is 11.8. The molecule has 2 aliphatic carbocycles. The zero-order valence-electron chi connectivity index (χ0n) is 11.5. The minimum absolute atomic E-state index is 0.100. The van der Waals surface area contributed by atoms with Crippen molar-refractivity contribution in [3.63, 3.8) is 0 Å². The normalized spacial score (nSPS) is 34.3. The van der Waals surface area contributed by atoms with Crippen LogP contribution in [0.15, 0.2) is 0 Å². The second-order valence-electron chi connectivity index (χ2n) is 6.57. The number of carbonyl (C=O) groups excluding carboxylic acids is 1. The van der Waals surface area contributed by atoms with Crippen molar-refractivity contribution in [1.82, 2.24) is 5.32 Å². The molecule has 4 nitrogen and oxygen atoms in total. The Morgan fingerprint density at radius 3 is 2.22 bits per heavy atom. The van der Waals surface area contributed by atoms with Gasteiger partial charge < -0.3 is 10.4 Å². The molecule has 0 heterocycles. The average Bonchev–Trinajstić information content (AvgIpc) is 2.63. The fraction of sp³-hybridized carbons (Fsp3) is 0.857. The van der Waals surface area contributed by atoms with Crippen molar-refractivity contribution < 1.29 is 14.7 Å². The van der Waals surface area contributed by atoms with Crippen molar-refractivity contribution in [3.05, 3.63) is 0 Å². The van der Waals surface area contributed by atoms with Crippen molar-refractivity contribution in [2.75, 3.05) is 0 Å². The minimum atomic E-state index is -0.911. The number of hydrogen-bond acceptors (Lipinski definition) is 2. The van der Waals surface area contributed by atoms with Gasteiger partial charge in [0.1, 0.15) is 6.04 Å². The lowest BCUT2D eigenvalue weighted by Crippen LogP contribution is -2.45. The van der Waals surface area contributed by atoms with Crippen LogP contribution in [0, 0.1) is 16.7 Å². The molecule has 0 aliphatic heterocycles. The Morgan fingerprint density at radius 1 is 1.33 bits per heavy atom. The summed E-state index contributed by atoms with van der Waals surface area (Å²) in [6, 6.07) is -0.737. The molecule has 2 aliphatic rings. The van der Waals surface area contributed by atoms with E-state index in [1.54, 1.807) is 0 Å². The third kappa shape index (κ3) is 1.91. The Bertz CT molecular complexity index is 367. The number of carboxylic acids is 1. The van der Waals surface area contributed by atoms with E-state index < -0.39 is 12.0 Å². The molecule has 102 valence electrons. The summed E-state index contributed by atoms with van der Waals surface area (Å²) in [7, 11) is 0. The monoisotopic (exact) mass is 253 g/mol. The smallest absolute Gasteiger partial charge is 0.326 e. The number of amides is 1. The summed E-state index contributed by atoms with van der Waals surface area (Å²) in [5.74, 6) is -0.445. The van der Waals surface area contributed by atoms with Crippen molar-refractivity contribution >= 4 is 11.9 Å². The topological polar surface area (TPSA) is 66.4 Å². The highest BCUT2D eigenvalue weighted by Crippen LogP contribution is 2.67. The number of nitrogens with one attached hydrogen (secondary N) is 1. The molecule has 0 spiro atoms. The standard InChI is InChI=1S/C14H23NO3/c1-9(16)15-11(12(17)18)8-14-6-4-10(5-7-14)13(14,2)3/h10-11H,4-8H2,1-3H3,(H,15,16)(H,17,18)/t10?,11-,14?/m1/s1. The molecular weight excluding hydrogens is 230 g/mol. The summed E-state index contributed by atoms with van der Waals surface area (Å²) in [5.41, 5.74) is 0.308. The van der Waals surface area contributed by atoms with Crippen LogP contribution in [-0.4, -0.2) is 23.0 Å². The molecule has 0 aromatic carbocycles. The van der Waals surface area contributed by atoms with Gasteiger partial charge >= 0.3 is 5.97 Å². The van der Waals surface area contributed by atoms with E-state index in [0.717, 1.165) is 18.8 Å². The number of rotatable bonds is 4. The molecule has 4 heteroatoms. The van der Waals surface area contributed by atoms with Gasteiger partial charge in [0, 0.05) is 6.92 Å². The Balaban J connectivity index is 2.16. The Kier molecular flexibility index (Phi) is 3.16. The Morgan fingerprint density at radius 2 is 1.89 bits per heavy atom. The van der Waals surface area contributed by atoms with Crippen LogP contribution in [0.4, 0.5) is 0 Å². The molecule has 2 bridgehead atoms. The average molecular weight is 253 g/mol. The molecule has 0 saturated heterocycles. The number of carbonyl (C=O) groups is 2. The maximum atomic E-state index is 11.3. The second-order valence-corrected chi connectivity index (χ2v) is 6.57. The molecule has 18 heavy (non-hydrogen) atoms. The van der Waals surface area contributed by atoms with Crippen LogP contribution < -0.4 is 5.32 Å². The lowest BCUT2D eigenvalue weighted by atomic mass is 9.66. The summed E-state index contributed by atoms with van der Waals surface area (Å²) in [6.45, 7) is 5.92. The van der Waals surface area contributed by atoms with Gasteiger partial charge in [-0.1, -0.05) is 13.8 Å². The number of aliphatic carboxylic acids is 1. The summed E-state index contributed by atoms with van der Waals surface area (Å²) in [6.07, 6.45) is 5.20. The van der Waals surface area contributed by atoms with Gasteiger partial charge in [0.2, 0.25) is 5.91 Å². The van der Waals surface area contributed by atoms with Crippen molar-refractivity contribution in [2.45, 2.75) is 58.9 Å². The van der Waals surface area contributed by atoms with Gasteiger partial charge in [-0.25, -0.2) is 4.79 Å². The van der Waals surface area contributed by atoms with Gasteiger partial charge in [-0.2, -0.15) is 0 Å². The highest BCUT2D eigenvalue weighted by atomic mass is 16.4. The van der Waals surface area contributed by atoms with Crippen LogP contribution in [-0.2, 0) is 9.59 Å². The van der Waals surface area contributed by atoms with E-state index in [0.29, 0.717) is 6.42 Å². The van der Waals surface area contributed by atoms with E-state index in [-0.39, 0.29) is 16.7 Å². The quantitative estimate of drug-likeness (QED) is 0.807. The van der Waals surface area contributed by atoms with E-state index in [9.17, 15) is 14.7 Å². The predicted octanol–water partition coefficient (Wildman–Crippen LogP) is 2.18. The third-order valence-corrected chi connectivity index (χ3v) is 5.60. The van der Waals surface area contributed by atoms with Crippen LogP contribution in [0.2, 0.25) is 0 Å². The molecule has 2 fully saturated rings. The van der Waals surface area contributed by atoms with Gasteiger partial charge in [0.05, 0.1) is 0 Å². The first-order valence-electron chi connectivity index (χ1n) is 6.78. The summed E-state index contributed by atoms with van der Waals surface area (Å²) in [4.78, 5) is 22.4. The van der Waals surface area contributed by atoms with Gasteiger partial charge in [-0.3, -0.25) is 4.79 Å². The van der Waals surface area contributed by atoms with Gasteiger partial charge in [0.15, 0.2) is 0 Å². The van der Waals surface area contributed by atoms with Gasteiger partial charge in [-0.05, 0) is 48.9 Å². The van der Waals surface area contributed by atoms with Crippen LogP contribution in [0.5, 0.6) is 0 Å². The highest BCUT2D eigenvalue weighted by molar-refractivity contribution is 5.82. The van der Waals surface area contributed by atoms with E-state index in [2.05, 4.69) is 19.2 Å². The maximum absolute atomic E-state index is 11.3. The maximum Gasteiger partial charge on any atom is 0.326 e. The third-order valence-electron chi connectivity index (χ3n) is 5.60. The van der Waals surface area contributed by atoms with E-state index in [1.807, 2.05) is 0 Å². The van der Waals surface area contributed by atoms with Crippen LogP contribution in [0.1, 0.15) is 52.9 Å². The number of fused-ring (bicyclic) bond motifs is 2. The number of carboxylic acid groups (broad SMARTS) is 1. The first-order valence-corrected chi connectivity index (χ1v) is 6.78. The molecule has 0 aromatic heterocycles. The Labute approximate surface area is 108 Å². The SMILES string of the molecule is CC(=O)N[C@H](CC12CCC(CC1)C2(C)C)C(=O)O. The van der Waals surface area contributed by atoms with E-state index in [4.69, 9.17) is 0 Å². The minimum Gasteiger partial charge on any atom is -0.480 e. The van der Waals surface area contributed by atoms with E-state index in [1.165, 1.54) is 19.8 Å². The fourth-order valence-corrected chi connectivity index (χ4v) is 4.27. The van der Waals surface area contributed by atoms with Gasteiger partial charge in [-0.15, -0.1) is 0 Å². The zero-order valence-corrected chi connectivity index (χ0v) is 11.5. The first-order chi connectivity index (χ1) is 8.28. The molecule has 0 radical (unpaired) electrons. The number of hydrogen-bond donors (Lipinski definition) is 2. The Hall–Kier alpha value is -1.06. The lowest BCUT2D eigenvalue weighted by Gasteiger charge is -2.40. The molecule has 1 atom stereocenters. The molecule has 2 rings (SSSR count). The van der Waals surface area contributed by atoms with Gasteiger partial charge in [0.25, 0.3) is 0 Å². The van der Waals surface area contributed by atoms with Crippen LogP contribution >= 0.6 is 0 Å². The fourth-order valence-electron chi connectivity index (χ4n) is 4.27. The van der Waals surface area contributed by atoms with E-state index >= 15 is 0 Å². The lowest BCUT2D eigenvalue weighted by molar-refractivity contribution is -0.143. The molecule has 0 unspecified atom stereocenters. The molecule has 1 amide bonds. The molecule has 0 aromatic rings. The second kappa shape index (κ2) is 4.25. The summed E-state index contributed by atoms with van der Waals surface area (Å²) >= 11 is 0. The highest BCUT2D eigenvalue weighted by Gasteiger charge is 2.59. The molecule has 2 saturated carbocycles. The zero-order chi connectivity index (χ0) is 13.6.